The van der Waals surface area contributed by atoms with Crippen LogP contribution in [0.4, 0.5) is 0 Å². The third kappa shape index (κ3) is 4.04. The molecule has 0 aliphatic carbocycles. The van der Waals surface area contributed by atoms with Crippen molar-refractivity contribution in [2.75, 3.05) is 0 Å². The molecule has 0 unspecified atom stereocenters. The highest BCUT2D eigenvalue weighted by molar-refractivity contribution is 5.97. The first-order chi connectivity index (χ1) is 5.43. The highest BCUT2D eigenvalue weighted by Crippen LogP contribution is 1.88. The van der Waals surface area contributed by atoms with Crippen LogP contribution in [0.15, 0.2) is 11.8 Å². The van der Waals surface area contributed by atoms with Gasteiger partial charge in [-0.15, -0.1) is 0 Å². The van der Waals surface area contributed by atoms with Gasteiger partial charge in [0.05, 0.1) is 6.08 Å². The van der Waals surface area contributed by atoms with Crippen molar-refractivity contribution in [3.8, 4) is 0 Å². The maximum Gasteiger partial charge on any atom is 0.352 e. The summed E-state index contributed by atoms with van der Waals surface area (Å²) >= 11 is 0. The van der Waals surface area contributed by atoms with Crippen molar-refractivity contribution in [2.24, 2.45) is 0 Å². The van der Waals surface area contributed by atoms with Gasteiger partial charge in [0.2, 0.25) is 5.91 Å². The fourth-order valence-corrected chi connectivity index (χ4v) is 0.464. The predicted molar refractivity (Wildman–Crippen MR) is 37.2 cm³/mol. The molecule has 0 aromatic rings. The number of nitrogens with one attached hydrogen (secondary N) is 1. The number of carboxylic acids is 2. The molecule has 0 spiro atoms. The van der Waals surface area contributed by atoms with Gasteiger partial charge in [-0.3, -0.25) is 4.79 Å². The van der Waals surface area contributed by atoms with Crippen molar-refractivity contribution in [2.45, 2.75) is 6.92 Å². The SMILES string of the molecule is CC(=O)N/C(=C\C(=O)O)C(=O)O. The van der Waals surface area contributed by atoms with Crippen molar-refractivity contribution in [1.29, 1.82) is 0 Å². The molecule has 0 heterocycles. The molecular weight excluding hydrogens is 166 g/mol. The Kier molecular flexibility index (Phi) is 3.48. The van der Waals surface area contributed by atoms with E-state index in [4.69, 9.17) is 10.2 Å². The Bertz CT molecular complexity index is 255. The van der Waals surface area contributed by atoms with E-state index < -0.39 is 23.5 Å². The van der Waals surface area contributed by atoms with Gasteiger partial charge in [-0.05, 0) is 0 Å². The molecule has 1 amide bonds. The van der Waals surface area contributed by atoms with E-state index >= 15 is 0 Å². The second-order valence-corrected chi connectivity index (χ2v) is 1.88. The number of carbonyl (C=O) groups excluding carboxylic acids is 1. The highest BCUT2D eigenvalue weighted by atomic mass is 16.4. The predicted octanol–water partition coefficient (Wildman–Crippen LogP) is -0.824. The van der Waals surface area contributed by atoms with Crippen LogP contribution in [0.1, 0.15) is 6.92 Å². The summed E-state index contributed by atoms with van der Waals surface area (Å²) in [5, 5.41) is 18.3. The van der Waals surface area contributed by atoms with Crippen molar-refractivity contribution < 1.29 is 24.6 Å². The minimum atomic E-state index is -1.49. The standard InChI is InChI=1S/C6H7NO5/c1-3(8)7-4(6(11)12)2-5(9)10/h2H,1H3,(H,7,8)(H,9,10)(H,11,12)/b4-2-. The summed E-state index contributed by atoms with van der Waals surface area (Å²) in [7, 11) is 0. The molecule has 0 aliphatic rings. The van der Waals surface area contributed by atoms with E-state index in [0.717, 1.165) is 6.92 Å². The number of rotatable bonds is 3. The van der Waals surface area contributed by atoms with Crippen LogP contribution in [0.5, 0.6) is 0 Å². The van der Waals surface area contributed by atoms with E-state index in [1.807, 2.05) is 5.32 Å². The number of carboxylic acid groups (broad SMARTS) is 2. The third-order valence-corrected chi connectivity index (χ3v) is 0.809. The minimum absolute atomic E-state index is 0.406. The lowest BCUT2D eigenvalue weighted by Gasteiger charge is -1.99. The zero-order chi connectivity index (χ0) is 9.72. The number of hydrogen-bond acceptors (Lipinski definition) is 3. The fourth-order valence-electron chi connectivity index (χ4n) is 0.464. The summed E-state index contributed by atoms with van der Waals surface area (Å²) in [4.78, 5) is 30.6. The fraction of sp³-hybridized carbons (Fsp3) is 0.167. The van der Waals surface area contributed by atoms with E-state index in [1.54, 1.807) is 0 Å². The maximum atomic E-state index is 10.3. The zero-order valence-electron chi connectivity index (χ0n) is 6.20. The van der Waals surface area contributed by atoms with Gasteiger partial charge < -0.3 is 15.5 Å². The van der Waals surface area contributed by atoms with Crippen LogP contribution in [0.2, 0.25) is 0 Å². The van der Waals surface area contributed by atoms with Gasteiger partial charge in [0.25, 0.3) is 0 Å². The van der Waals surface area contributed by atoms with Gasteiger partial charge in [0.15, 0.2) is 0 Å². The summed E-state index contributed by atoms with van der Waals surface area (Å²) in [6.07, 6.45) is 0.406. The molecule has 0 rings (SSSR count). The van der Waals surface area contributed by atoms with Gasteiger partial charge in [-0.1, -0.05) is 0 Å². The molecule has 0 aromatic carbocycles. The summed E-state index contributed by atoms with van der Waals surface area (Å²) in [5.41, 5.74) is -0.657. The quantitative estimate of drug-likeness (QED) is 0.483. The van der Waals surface area contributed by atoms with Crippen LogP contribution in [0.3, 0.4) is 0 Å². The Morgan fingerprint density at radius 3 is 2.00 bits per heavy atom. The van der Waals surface area contributed by atoms with Crippen molar-refractivity contribution >= 4 is 17.8 Å². The lowest BCUT2D eigenvalue weighted by Crippen LogP contribution is -2.25. The van der Waals surface area contributed by atoms with Crippen LogP contribution >= 0.6 is 0 Å². The second kappa shape index (κ2) is 4.12. The van der Waals surface area contributed by atoms with Gasteiger partial charge in [0, 0.05) is 6.92 Å². The number of carbonyl (C=O) groups is 3. The molecule has 0 bridgehead atoms. The summed E-state index contributed by atoms with van der Waals surface area (Å²) in [5.74, 6) is -3.56. The van der Waals surface area contributed by atoms with Crippen LogP contribution < -0.4 is 5.32 Å². The maximum absolute atomic E-state index is 10.3. The average Bonchev–Trinajstić information content (AvgIpc) is 1.83. The normalized spacial score (nSPS) is 10.6. The van der Waals surface area contributed by atoms with Crippen molar-refractivity contribution in [3.63, 3.8) is 0 Å². The first-order valence-electron chi connectivity index (χ1n) is 2.89. The van der Waals surface area contributed by atoms with Gasteiger partial charge in [-0.25, -0.2) is 9.59 Å². The molecule has 66 valence electrons. The molecule has 6 heteroatoms. The lowest BCUT2D eigenvalue weighted by molar-refractivity contribution is -0.136. The molecule has 0 aromatic heterocycles. The smallest absolute Gasteiger partial charge is 0.352 e. The van der Waals surface area contributed by atoms with E-state index in [1.165, 1.54) is 0 Å². The minimum Gasteiger partial charge on any atom is -0.478 e. The van der Waals surface area contributed by atoms with Crippen LogP contribution in [-0.2, 0) is 14.4 Å². The second-order valence-electron chi connectivity index (χ2n) is 1.88. The molecule has 12 heavy (non-hydrogen) atoms. The Hall–Kier alpha value is -1.85. The van der Waals surface area contributed by atoms with Crippen molar-refractivity contribution in [3.05, 3.63) is 11.8 Å². The molecule has 0 saturated carbocycles. The highest BCUT2D eigenvalue weighted by Gasteiger charge is 2.09. The summed E-state index contributed by atoms with van der Waals surface area (Å²) < 4.78 is 0. The van der Waals surface area contributed by atoms with E-state index in [2.05, 4.69) is 0 Å². The lowest BCUT2D eigenvalue weighted by atomic mass is 10.4. The molecule has 0 saturated heterocycles. The Balaban J connectivity index is 4.55. The topological polar surface area (TPSA) is 104 Å². The van der Waals surface area contributed by atoms with Crippen LogP contribution in [0.25, 0.3) is 0 Å². The monoisotopic (exact) mass is 173 g/mol. The first kappa shape index (κ1) is 10.2. The summed E-state index contributed by atoms with van der Waals surface area (Å²) in [6, 6.07) is 0. The zero-order valence-corrected chi connectivity index (χ0v) is 6.20. The molecular formula is C6H7NO5. The average molecular weight is 173 g/mol. The molecule has 0 atom stereocenters. The van der Waals surface area contributed by atoms with Gasteiger partial charge in [0.1, 0.15) is 5.70 Å². The number of hydrogen-bond donors (Lipinski definition) is 3. The van der Waals surface area contributed by atoms with Crippen LogP contribution in [-0.4, -0.2) is 28.1 Å². The van der Waals surface area contributed by atoms with E-state index in [9.17, 15) is 14.4 Å². The Morgan fingerprint density at radius 1 is 1.25 bits per heavy atom. The Labute approximate surface area is 67.5 Å². The molecule has 0 radical (unpaired) electrons. The molecule has 6 nitrogen and oxygen atoms in total. The molecule has 0 aliphatic heterocycles. The largest absolute Gasteiger partial charge is 0.478 e. The molecule has 3 N–H and O–H groups in total. The summed E-state index contributed by atoms with van der Waals surface area (Å²) in [6.45, 7) is 1.08. The van der Waals surface area contributed by atoms with E-state index in [0.29, 0.717) is 6.08 Å². The van der Waals surface area contributed by atoms with E-state index in [-0.39, 0.29) is 0 Å². The van der Waals surface area contributed by atoms with Crippen molar-refractivity contribution in [1.82, 2.24) is 5.32 Å². The van der Waals surface area contributed by atoms with Gasteiger partial charge in [-0.2, -0.15) is 0 Å². The van der Waals surface area contributed by atoms with Gasteiger partial charge >= 0.3 is 11.9 Å². The third-order valence-electron chi connectivity index (χ3n) is 0.809. The Morgan fingerprint density at radius 2 is 1.75 bits per heavy atom. The number of aliphatic carboxylic acids is 2. The molecule has 0 fully saturated rings. The first-order valence-corrected chi connectivity index (χ1v) is 2.89. The number of amides is 1. The van der Waals surface area contributed by atoms with Crippen LogP contribution in [0, 0.1) is 0 Å².